The summed E-state index contributed by atoms with van der Waals surface area (Å²) in [4.78, 5) is 28.6. The molecule has 0 radical (unpaired) electrons. The fraction of sp³-hybridized carbons (Fsp3) is 0.500. The molecule has 1 aliphatic heterocycles. The minimum atomic E-state index is 0.201. The quantitative estimate of drug-likeness (QED) is 0.622. The third kappa shape index (κ3) is 4.28. The van der Waals surface area contributed by atoms with Crippen LogP contribution in [0, 0.1) is 27.7 Å². The number of carbonyl (C=O) groups is 1. The summed E-state index contributed by atoms with van der Waals surface area (Å²) in [7, 11) is 0. The molecule has 3 aromatic heterocycles. The minimum Gasteiger partial charge on any atom is -0.343 e. The molecule has 1 amide bonds. The zero-order valence-corrected chi connectivity index (χ0v) is 18.9. The fourth-order valence-corrected chi connectivity index (χ4v) is 4.58. The highest BCUT2D eigenvalue weighted by Crippen LogP contribution is 2.29. The molecule has 0 spiro atoms. The summed E-state index contributed by atoms with van der Waals surface area (Å²) in [6.07, 6.45) is 4.08. The highest BCUT2D eigenvalue weighted by Gasteiger charge is 2.26. The lowest BCUT2D eigenvalue weighted by Gasteiger charge is -2.31. The first-order chi connectivity index (χ1) is 14.4. The molecule has 4 heterocycles. The van der Waals surface area contributed by atoms with Crippen molar-refractivity contribution in [2.24, 2.45) is 0 Å². The van der Waals surface area contributed by atoms with Crippen molar-refractivity contribution in [1.82, 2.24) is 29.6 Å². The van der Waals surface area contributed by atoms with E-state index in [-0.39, 0.29) is 11.8 Å². The van der Waals surface area contributed by atoms with Gasteiger partial charge in [0.15, 0.2) is 0 Å². The third-order valence-electron chi connectivity index (χ3n) is 6.02. The van der Waals surface area contributed by atoms with E-state index >= 15 is 0 Å². The largest absolute Gasteiger partial charge is 0.343 e. The van der Waals surface area contributed by atoms with Crippen LogP contribution in [0.25, 0.3) is 10.7 Å². The van der Waals surface area contributed by atoms with Crippen molar-refractivity contribution in [3.05, 3.63) is 46.1 Å². The van der Waals surface area contributed by atoms with Crippen LogP contribution in [0.3, 0.4) is 0 Å². The molecule has 4 rings (SSSR count). The van der Waals surface area contributed by atoms with Gasteiger partial charge in [-0.1, -0.05) is 0 Å². The van der Waals surface area contributed by atoms with Crippen LogP contribution in [-0.2, 0) is 11.3 Å². The molecule has 158 valence electrons. The number of aromatic nitrogens is 5. The second-order valence-electron chi connectivity index (χ2n) is 8.01. The monoisotopic (exact) mass is 424 g/mol. The van der Waals surface area contributed by atoms with Crippen LogP contribution in [0.4, 0.5) is 0 Å². The summed E-state index contributed by atoms with van der Waals surface area (Å²) in [5.74, 6) is 1.36. The van der Waals surface area contributed by atoms with Crippen molar-refractivity contribution < 1.29 is 4.79 Å². The predicted molar refractivity (Wildman–Crippen MR) is 117 cm³/mol. The van der Waals surface area contributed by atoms with Gasteiger partial charge in [0.1, 0.15) is 16.5 Å². The zero-order chi connectivity index (χ0) is 21.3. The third-order valence-corrected chi connectivity index (χ3v) is 6.81. The Morgan fingerprint density at radius 3 is 2.57 bits per heavy atom. The van der Waals surface area contributed by atoms with E-state index in [0.717, 1.165) is 59.5 Å². The minimum absolute atomic E-state index is 0.201. The Morgan fingerprint density at radius 2 is 1.93 bits per heavy atom. The van der Waals surface area contributed by atoms with Crippen LogP contribution >= 0.6 is 11.3 Å². The molecule has 8 heteroatoms. The standard InChI is InChI=1S/C22H28N6OS/c1-14-13-19(22-23-8-12-30-22)25-21(24-14)18-5-9-27(10-6-18)20(29)7-11-28-17(4)15(2)16(3)26-28/h8,12-13,18H,5-7,9-11H2,1-4H3. The molecule has 0 aliphatic carbocycles. The van der Waals surface area contributed by atoms with Gasteiger partial charge in [-0.2, -0.15) is 5.10 Å². The molecule has 0 saturated carbocycles. The number of hydrogen-bond acceptors (Lipinski definition) is 6. The molecule has 30 heavy (non-hydrogen) atoms. The number of rotatable bonds is 5. The normalized spacial score (nSPS) is 15.0. The molecular formula is C22H28N6OS. The van der Waals surface area contributed by atoms with Crippen molar-refractivity contribution in [2.45, 2.75) is 59.4 Å². The lowest BCUT2D eigenvalue weighted by Crippen LogP contribution is -2.38. The number of nitrogens with zero attached hydrogens (tertiary/aromatic N) is 6. The maximum absolute atomic E-state index is 12.7. The first-order valence-corrected chi connectivity index (χ1v) is 11.3. The van der Waals surface area contributed by atoms with Crippen molar-refractivity contribution in [3.63, 3.8) is 0 Å². The molecule has 0 aromatic carbocycles. The maximum atomic E-state index is 12.7. The Labute approximate surface area is 181 Å². The van der Waals surface area contributed by atoms with Crippen LogP contribution < -0.4 is 0 Å². The number of amides is 1. The van der Waals surface area contributed by atoms with E-state index in [9.17, 15) is 4.79 Å². The fourth-order valence-electron chi connectivity index (χ4n) is 3.98. The Hall–Kier alpha value is -2.61. The molecule has 0 unspecified atom stereocenters. The molecule has 1 aliphatic rings. The number of thiazole rings is 1. The van der Waals surface area contributed by atoms with E-state index in [1.807, 2.05) is 34.9 Å². The van der Waals surface area contributed by atoms with Gasteiger partial charge < -0.3 is 4.90 Å². The van der Waals surface area contributed by atoms with Crippen LogP contribution in [0.2, 0.25) is 0 Å². The van der Waals surface area contributed by atoms with Crippen LogP contribution in [0.5, 0.6) is 0 Å². The Bertz CT molecular complexity index is 1030. The van der Waals surface area contributed by atoms with Crippen molar-refractivity contribution in [1.29, 1.82) is 0 Å². The Morgan fingerprint density at radius 1 is 1.17 bits per heavy atom. The number of likely N-dealkylation sites (tertiary alicyclic amines) is 1. The highest BCUT2D eigenvalue weighted by atomic mass is 32.1. The topological polar surface area (TPSA) is 76.8 Å². The lowest BCUT2D eigenvalue weighted by atomic mass is 9.95. The van der Waals surface area contributed by atoms with Crippen molar-refractivity contribution in [3.8, 4) is 10.7 Å². The molecule has 0 bridgehead atoms. The Balaban J connectivity index is 1.36. The summed E-state index contributed by atoms with van der Waals surface area (Å²) < 4.78 is 1.95. The van der Waals surface area contributed by atoms with Gasteiger partial charge in [0.25, 0.3) is 0 Å². The lowest BCUT2D eigenvalue weighted by molar-refractivity contribution is -0.132. The second kappa shape index (κ2) is 8.63. The number of carbonyl (C=O) groups excluding carboxylic acids is 1. The van der Waals surface area contributed by atoms with E-state index in [0.29, 0.717) is 13.0 Å². The summed E-state index contributed by atoms with van der Waals surface area (Å²) >= 11 is 1.59. The van der Waals surface area contributed by atoms with Gasteiger partial charge in [0.2, 0.25) is 5.91 Å². The molecule has 0 N–H and O–H groups in total. The van der Waals surface area contributed by atoms with E-state index < -0.39 is 0 Å². The predicted octanol–water partition coefficient (Wildman–Crippen LogP) is 3.83. The number of piperidine rings is 1. The Kier molecular flexibility index (Phi) is 5.94. The number of hydrogen-bond donors (Lipinski definition) is 0. The van der Waals surface area contributed by atoms with Crippen LogP contribution in [-0.4, -0.2) is 48.6 Å². The molecule has 1 fully saturated rings. The molecule has 0 atom stereocenters. The van der Waals surface area contributed by atoms with Gasteiger partial charge in [-0.25, -0.2) is 15.0 Å². The van der Waals surface area contributed by atoms with Crippen molar-refractivity contribution in [2.75, 3.05) is 13.1 Å². The van der Waals surface area contributed by atoms with Gasteiger partial charge >= 0.3 is 0 Å². The van der Waals surface area contributed by atoms with Crippen molar-refractivity contribution >= 4 is 17.2 Å². The smallest absolute Gasteiger partial charge is 0.224 e. The van der Waals surface area contributed by atoms with Gasteiger partial charge in [-0.3, -0.25) is 9.48 Å². The maximum Gasteiger partial charge on any atom is 0.224 e. The molecule has 7 nitrogen and oxygen atoms in total. The average molecular weight is 425 g/mol. The van der Waals surface area contributed by atoms with E-state index in [1.165, 1.54) is 5.56 Å². The molecular weight excluding hydrogens is 396 g/mol. The molecule has 1 saturated heterocycles. The first kappa shape index (κ1) is 20.7. The summed E-state index contributed by atoms with van der Waals surface area (Å²) in [6, 6.07) is 1.99. The number of aryl methyl sites for hydroxylation is 3. The van der Waals surface area contributed by atoms with Gasteiger partial charge in [0, 0.05) is 54.9 Å². The SMILES string of the molecule is Cc1cc(-c2nccs2)nc(C2CCN(C(=O)CCn3nc(C)c(C)c3C)CC2)n1. The van der Waals surface area contributed by atoms with E-state index in [1.54, 1.807) is 17.5 Å². The summed E-state index contributed by atoms with van der Waals surface area (Å²) in [6.45, 7) is 10.3. The van der Waals surface area contributed by atoms with E-state index in [2.05, 4.69) is 28.9 Å². The van der Waals surface area contributed by atoms with Gasteiger partial charge in [0.05, 0.1) is 5.69 Å². The van der Waals surface area contributed by atoms with Gasteiger partial charge in [-0.05, 0) is 52.2 Å². The van der Waals surface area contributed by atoms with Crippen LogP contribution in [0.1, 0.15) is 53.7 Å². The summed E-state index contributed by atoms with van der Waals surface area (Å²) in [5.41, 5.74) is 5.25. The summed E-state index contributed by atoms with van der Waals surface area (Å²) in [5, 5.41) is 7.43. The van der Waals surface area contributed by atoms with Gasteiger partial charge in [-0.15, -0.1) is 11.3 Å². The second-order valence-corrected chi connectivity index (χ2v) is 8.91. The molecule has 3 aromatic rings. The average Bonchev–Trinajstić information content (AvgIpc) is 3.37. The van der Waals surface area contributed by atoms with Crippen LogP contribution in [0.15, 0.2) is 17.6 Å². The zero-order valence-electron chi connectivity index (χ0n) is 18.1. The highest BCUT2D eigenvalue weighted by molar-refractivity contribution is 7.13. The first-order valence-electron chi connectivity index (χ1n) is 10.5. The van der Waals surface area contributed by atoms with E-state index in [4.69, 9.17) is 4.98 Å².